The lowest BCUT2D eigenvalue weighted by atomic mass is 10.1. The molecule has 0 saturated carbocycles. The van der Waals surface area contributed by atoms with Crippen molar-refractivity contribution >= 4 is 15.9 Å². The van der Waals surface area contributed by atoms with Gasteiger partial charge in [0, 0.05) is 10.5 Å². The highest BCUT2D eigenvalue weighted by molar-refractivity contribution is 9.10. The van der Waals surface area contributed by atoms with Gasteiger partial charge in [-0.3, -0.25) is 0 Å². The molecule has 0 radical (unpaired) electrons. The van der Waals surface area contributed by atoms with Crippen molar-refractivity contribution in [3.8, 4) is 0 Å². The Morgan fingerprint density at radius 3 is 2.75 bits per heavy atom. The van der Waals surface area contributed by atoms with Crippen LogP contribution in [0.2, 0.25) is 0 Å². The van der Waals surface area contributed by atoms with Gasteiger partial charge in [-0.2, -0.15) is 0 Å². The predicted molar refractivity (Wildman–Crippen MR) is 74.8 cm³/mol. The lowest BCUT2D eigenvalue weighted by Gasteiger charge is -2.13. The second kappa shape index (κ2) is 7.86. The van der Waals surface area contributed by atoms with Crippen LogP contribution < -0.4 is 5.32 Å². The minimum Gasteiger partial charge on any atom is -0.314 e. The number of halogens is 1. The highest BCUT2D eigenvalue weighted by Crippen LogP contribution is 2.18. The maximum Gasteiger partial charge on any atom is 0.0207 e. The molecule has 90 valence electrons. The molecule has 0 aliphatic carbocycles. The summed E-state index contributed by atoms with van der Waals surface area (Å²) >= 11 is 3.59. The molecule has 1 N–H and O–H groups in total. The molecule has 0 aliphatic rings. The van der Waals surface area contributed by atoms with Crippen molar-refractivity contribution in [1.82, 2.24) is 5.32 Å². The van der Waals surface area contributed by atoms with Gasteiger partial charge in [0.15, 0.2) is 0 Å². The summed E-state index contributed by atoms with van der Waals surface area (Å²) < 4.78 is 1.24. The van der Waals surface area contributed by atoms with Crippen molar-refractivity contribution in [2.45, 2.75) is 45.6 Å². The Morgan fingerprint density at radius 1 is 1.31 bits per heavy atom. The second-order valence-electron chi connectivity index (χ2n) is 4.34. The molecule has 2 heteroatoms. The average Bonchev–Trinajstić information content (AvgIpc) is 2.29. The number of benzene rings is 1. The molecule has 0 bridgehead atoms. The van der Waals surface area contributed by atoms with Crippen LogP contribution in [0.4, 0.5) is 0 Å². The summed E-state index contributed by atoms with van der Waals surface area (Å²) in [6.45, 7) is 5.62. The SMILES string of the molecule is CCCNC(C)CCCc1ccccc1Br. The molecule has 1 unspecified atom stereocenters. The van der Waals surface area contributed by atoms with Crippen molar-refractivity contribution in [1.29, 1.82) is 0 Å². The van der Waals surface area contributed by atoms with Gasteiger partial charge >= 0.3 is 0 Å². The van der Waals surface area contributed by atoms with E-state index in [1.807, 2.05) is 0 Å². The van der Waals surface area contributed by atoms with Gasteiger partial charge in [0.1, 0.15) is 0 Å². The summed E-state index contributed by atoms with van der Waals surface area (Å²) in [5.41, 5.74) is 1.42. The summed E-state index contributed by atoms with van der Waals surface area (Å²) in [6, 6.07) is 9.14. The van der Waals surface area contributed by atoms with Gasteiger partial charge in [-0.15, -0.1) is 0 Å². The van der Waals surface area contributed by atoms with Crippen LogP contribution in [0.5, 0.6) is 0 Å². The molecule has 0 spiro atoms. The molecule has 0 aromatic heterocycles. The maximum absolute atomic E-state index is 3.59. The van der Waals surface area contributed by atoms with Crippen LogP contribution >= 0.6 is 15.9 Å². The summed E-state index contributed by atoms with van der Waals surface area (Å²) in [5.74, 6) is 0. The molecule has 0 saturated heterocycles. The molecule has 0 amide bonds. The Morgan fingerprint density at radius 2 is 2.06 bits per heavy atom. The first-order valence-electron chi connectivity index (χ1n) is 6.20. The van der Waals surface area contributed by atoms with Crippen LogP contribution in [0.15, 0.2) is 28.7 Å². The quantitative estimate of drug-likeness (QED) is 0.792. The lowest BCUT2D eigenvalue weighted by Crippen LogP contribution is -2.26. The summed E-state index contributed by atoms with van der Waals surface area (Å²) in [7, 11) is 0. The van der Waals surface area contributed by atoms with E-state index < -0.39 is 0 Å². The predicted octanol–water partition coefficient (Wildman–Crippen LogP) is 4.16. The van der Waals surface area contributed by atoms with Crippen LogP contribution in [0, 0.1) is 0 Å². The number of aryl methyl sites for hydroxylation is 1. The largest absolute Gasteiger partial charge is 0.314 e. The Hall–Kier alpha value is -0.340. The smallest absolute Gasteiger partial charge is 0.0207 e. The lowest BCUT2D eigenvalue weighted by molar-refractivity contribution is 0.498. The van der Waals surface area contributed by atoms with Crippen molar-refractivity contribution in [2.75, 3.05) is 6.54 Å². The zero-order valence-corrected chi connectivity index (χ0v) is 11.9. The summed E-state index contributed by atoms with van der Waals surface area (Å²) in [4.78, 5) is 0. The van der Waals surface area contributed by atoms with Crippen LogP contribution in [0.25, 0.3) is 0 Å². The van der Waals surface area contributed by atoms with E-state index in [9.17, 15) is 0 Å². The summed E-state index contributed by atoms with van der Waals surface area (Å²) in [6.07, 6.45) is 4.88. The van der Waals surface area contributed by atoms with E-state index in [4.69, 9.17) is 0 Å². The first-order chi connectivity index (χ1) is 7.74. The van der Waals surface area contributed by atoms with Gasteiger partial charge in [0.25, 0.3) is 0 Å². The first-order valence-corrected chi connectivity index (χ1v) is 7.00. The van der Waals surface area contributed by atoms with Crippen LogP contribution in [-0.2, 0) is 6.42 Å². The Balaban J connectivity index is 2.23. The Kier molecular flexibility index (Phi) is 6.74. The average molecular weight is 284 g/mol. The van der Waals surface area contributed by atoms with Gasteiger partial charge in [-0.1, -0.05) is 41.1 Å². The third kappa shape index (κ3) is 5.13. The van der Waals surface area contributed by atoms with E-state index in [1.165, 1.54) is 35.7 Å². The zero-order valence-electron chi connectivity index (χ0n) is 10.3. The van der Waals surface area contributed by atoms with Gasteiger partial charge in [0.05, 0.1) is 0 Å². The van der Waals surface area contributed by atoms with Crippen molar-refractivity contribution in [3.63, 3.8) is 0 Å². The van der Waals surface area contributed by atoms with Crippen LogP contribution in [-0.4, -0.2) is 12.6 Å². The molecule has 1 aromatic rings. The van der Waals surface area contributed by atoms with E-state index in [2.05, 4.69) is 59.4 Å². The topological polar surface area (TPSA) is 12.0 Å². The number of rotatable bonds is 7. The van der Waals surface area contributed by atoms with E-state index in [0.29, 0.717) is 6.04 Å². The fourth-order valence-electron chi connectivity index (χ4n) is 1.79. The van der Waals surface area contributed by atoms with Gasteiger partial charge < -0.3 is 5.32 Å². The molecule has 0 fully saturated rings. The zero-order chi connectivity index (χ0) is 11.8. The minimum atomic E-state index is 0.641. The Labute approximate surface area is 108 Å². The third-order valence-electron chi connectivity index (χ3n) is 2.78. The minimum absolute atomic E-state index is 0.641. The molecule has 0 heterocycles. The molecule has 1 nitrogen and oxygen atoms in total. The van der Waals surface area contributed by atoms with Crippen LogP contribution in [0.1, 0.15) is 38.7 Å². The van der Waals surface area contributed by atoms with Crippen molar-refractivity contribution in [2.24, 2.45) is 0 Å². The van der Waals surface area contributed by atoms with Crippen molar-refractivity contribution in [3.05, 3.63) is 34.3 Å². The fraction of sp³-hybridized carbons (Fsp3) is 0.571. The van der Waals surface area contributed by atoms with E-state index >= 15 is 0 Å². The van der Waals surface area contributed by atoms with E-state index in [-0.39, 0.29) is 0 Å². The van der Waals surface area contributed by atoms with Crippen LogP contribution in [0.3, 0.4) is 0 Å². The molecule has 16 heavy (non-hydrogen) atoms. The Bertz CT molecular complexity index is 299. The second-order valence-corrected chi connectivity index (χ2v) is 5.19. The fourth-order valence-corrected chi connectivity index (χ4v) is 2.28. The van der Waals surface area contributed by atoms with Gasteiger partial charge in [-0.05, 0) is 50.8 Å². The van der Waals surface area contributed by atoms with Gasteiger partial charge in [0.2, 0.25) is 0 Å². The van der Waals surface area contributed by atoms with E-state index in [1.54, 1.807) is 0 Å². The monoisotopic (exact) mass is 283 g/mol. The first kappa shape index (κ1) is 13.7. The highest BCUT2D eigenvalue weighted by atomic mass is 79.9. The highest BCUT2D eigenvalue weighted by Gasteiger charge is 2.02. The molecular formula is C14H22BrN. The molecule has 1 aromatic carbocycles. The normalized spacial score (nSPS) is 12.7. The molecular weight excluding hydrogens is 262 g/mol. The molecule has 0 aliphatic heterocycles. The number of hydrogen-bond donors (Lipinski definition) is 1. The standard InChI is InChI=1S/C14H22BrN/c1-3-11-16-12(2)7-6-9-13-8-4-5-10-14(13)15/h4-5,8,10,12,16H,3,6-7,9,11H2,1-2H3. The van der Waals surface area contributed by atoms with Crippen molar-refractivity contribution < 1.29 is 0 Å². The van der Waals surface area contributed by atoms with Gasteiger partial charge in [-0.25, -0.2) is 0 Å². The third-order valence-corrected chi connectivity index (χ3v) is 3.56. The number of nitrogens with one attached hydrogen (secondary N) is 1. The molecule has 1 rings (SSSR count). The summed E-state index contributed by atoms with van der Waals surface area (Å²) in [5, 5.41) is 3.52. The molecule has 1 atom stereocenters. The van der Waals surface area contributed by atoms with E-state index in [0.717, 1.165) is 6.54 Å². The maximum atomic E-state index is 3.59. The number of hydrogen-bond acceptors (Lipinski definition) is 1.